The first-order chi connectivity index (χ1) is 14.0. The van der Waals surface area contributed by atoms with E-state index in [1.54, 1.807) is 6.92 Å². The van der Waals surface area contributed by atoms with Crippen molar-refractivity contribution in [2.75, 3.05) is 19.6 Å². The first-order valence-electron chi connectivity index (χ1n) is 10.4. The molecule has 0 unspecified atom stereocenters. The number of likely N-dealkylation sites (tertiary alicyclic amines) is 1. The number of benzene rings is 1. The van der Waals surface area contributed by atoms with E-state index in [4.69, 9.17) is 4.42 Å². The molecule has 4 rings (SSSR count). The van der Waals surface area contributed by atoms with Gasteiger partial charge < -0.3 is 9.32 Å². The number of Topliss-reactive ketones (excluding diaryl/α,β-unsaturated/α-hetero) is 1. The van der Waals surface area contributed by atoms with Crippen molar-refractivity contribution >= 4 is 16.6 Å². The molecule has 3 heterocycles. The van der Waals surface area contributed by atoms with E-state index in [0.717, 1.165) is 54.5 Å². The van der Waals surface area contributed by atoms with Crippen molar-refractivity contribution < 1.29 is 9.21 Å². The Labute approximate surface area is 171 Å². The molecule has 1 saturated heterocycles. The van der Waals surface area contributed by atoms with Gasteiger partial charge in [0.2, 0.25) is 11.8 Å². The number of carbonyl (C=O) groups excluding carboxylic acids is 1. The maximum atomic E-state index is 12.8. The van der Waals surface area contributed by atoms with Crippen LogP contribution in [-0.2, 0) is 11.2 Å². The third kappa shape index (κ3) is 4.70. The minimum atomic E-state index is 0.156. The van der Waals surface area contributed by atoms with Crippen LogP contribution in [0.25, 0.3) is 22.2 Å². The molecule has 2 aromatic heterocycles. The fourth-order valence-corrected chi connectivity index (χ4v) is 4.11. The van der Waals surface area contributed by atoms with Crippen molar-refractivity contribution in [3.8, 4) is 11.5 Å². The van der Waals surface area contributed by atoms with Gasteiger partial charge in [-0.2, -0.15) is 0 Å². The molecule has 3 aromatic rings. The second-order valence-corrected chi connectivity index (χ2v) is 8.48. The molecule has 1 aromatic carbocycles. The van der Waals surface area contributed by atoms with Crippen LogP contribution < -0.4 is 0 Å². The third-order valence-electron chi connectivity index (χ3n) is 5.57. The first kappa shape index (κ1) is 19.7. The van der Waals surface area contributed by atoms with Crippen LogP contribution in [0.3, 0.4) is 0 Å². The van der Waals surface area contributed by atoms with Gasteiger partial charge in [0, 0.05) is 48.6 Å². The molecule has 0 saturated carbocycles. The summed E-state index contributed by atoms with van der Waals surface area (Å²) in [4.78, 5) is 19.8. The molecule has 6 nitrogen and oxygen atoms in total. The second kappa shape index (κ2) is 8.41. The molecule has 0 amide bonds. The quantitative estimate of drug-likeness (QED) is 0.630. The summed E-state index contributed by atoms with van der Waals surface area (Å²) >= 11 is 0. The minimum absolute atomic E-state index is 0.156. The average molecular weight is 393 g/mol. The Bertz CT molecular complexity index is 1000. The first-order valence-corrected chi connectivity index (χ1v) is 10.4. The van der Waals surface area contributed by atoms with Gasteiger partial charge in [0.1, 0.15) is 5.78 Å². The number of hydrogen-bond acceptors (Lipinski definition) is 6. The second-order valence-electron chi connectivity index (χ2n) is 8.48. The van der Waals surface area contributed by atoms with Gasteiger partial charge in [-0.1, -0.05) is 19.9 Å². The van der Waals surface area contributed by atoms with Gasteiger partial charge in [0.05, 0.1) is 0 Å². The van der Waals surface area contributed by atoms with E-state index in [1.165, 1.54) is 0 Å². The summed E-state index contributed by atoms with van der Waals surface area (Å²) < 4.78 is 5.53. The highest BCUT2D eigenvalue weighted by molar-refractivity contribution is 5.88. The summed E-state index contributed by atoms with van der Waals surface area (Å²) in [6.45, 7) is 9.42. The Morgan fingerprint density at radius 2 is 1.97 bits per heavy atom. The average Bonchev–Trinajstić information content (AvgIpc) is 3.14. The van der Waals surface area contributed by atoms with Gasteiger partial charge in [-0.05, 0) is 55.4 Å². The zero-order chi connectivity index (χ0) is 20.4. The Kier molecular flexibility index (Phi) is 5.72. The Morgan fingerprint density at radius 1 is 1.17 bits per heavy atom. The number of rotatable bonds is 6. The van der Waals surface area contributed by atoms with Crippen LogP contribution in [0.4, 0.5) is 0 Å². The van der Waals surface area contributed by atoms with Crippen LogP contribution in [0.2, 0.25) is 0 Å². The lowest BCUT2D eigenvalue weighted by Crippen LogP contribution is -2.38. The summed E-state index contributed by atoms with van der Waals surface area (Å²) in [5.41, 5.74) is 1.70. The van der Waals surface area contributed by atoms with E-state index in [0.29, 0.717) is 29.9 Å². The molecular weight excluding hydrogens is 364 g/mol. The van der Waals surface area contributed by atoms with E-state index in [2.05, 4.69) is 33.9 Å². The van der Waals surface area contributed by atoms with Crippen LogP contribution in [-0.4, -0.2) is 45.5 Å². The summed E-state index contributed by atoms with van der Waals surface area (Å²) in [6, 6.07) is 7.97. The molecule has 1 aliphatic rings. The smallest absolute Gasteiger partial charge is 0.247 e. The van der Waals surface area contributed by atoms with Crippen molar-refractivity contribution in [3.63, 3.8) is 0 Å². The van der Waals surface area contributed by atoms with Crippen LogP contribution >= 0.6 is 0 Å². The monoisotopic (exact) mass is 392 g/mol. The van der Waals surface area contributed by atoms with Gasteiger partial charge in [-0.25, -0.2) is 0 Å². The zero-order valence-electron chi connectivity index (χ0n) is 17.4. The van der Waals surface area contributed by atoms with Crippen molar-refractivity contribution in [2.24, 2.45) is 11.8 Å². The molecule has 0 spiro atoms. The molecular formula is C23H28N4O2. The Morgan fingerprint density at radius 3 is 2.66 bits per heavy atom. The molecule has 0 radical (unpaired) electrons. The summed E-state index contributed by atoms with van der Waals surface area (Å²) in [6.07, 6.45) is 4.15. The van der Waals surface area contributed by atoms with Gasteiger partial charge in [0.15, 0.2) is 0 Å². The molecule has 0 atom stereocenters. The lowest BCUT2D eigenvalue weighted by atomic mass is 9.89. The maximum absolute atomic E-state index is 12.8. The summed E-state index contributed by atoms with van der Waals surface area (Å²) in [5, 5.41) is 10.0. The molecule has 0 bridgehead atoms. The molecule has 29 heavy (non-hydrogen) atoms. The minimum Gasteiger partial charge on any atom is -0.421 e. The van der Waals surface area contributed by atoms with Crippen LogP contribution in [0.15, 0.2) is 34.9 Å². The normalized spacial score (nSPS) is 16.0. The Hall–Kier alpha value is -2.60. The van der Waals surface area contributed by atoms with E-state index in [9.17, 15) is 4.79 Å². The topological polar surface area (TPSA) is 72.1 Å². The number of nitrogens with zero attached hydrogens (tertiary/aromatic N) is 4. The highest BCUT2D eigenvalue weighted by Gasteiger charge is 2.25. The molecule has 0 aliphatic carbocycles. The number of pyridine rings is 1. The van der Waals surface area contributed by atoms with Gasteiger partial charge in [-0.15, -0.1) is 10.2 Å². The van der Waals surface area contributed by atoms with Crippen molar-refractivity contribution in [1.29, 1.82) is 0 Å². The summed E-state index contributed by atoms with van der Waals surface area (Å²) in [7, 11) is 0. The molecule has 1 fully saturated rings. The predicted molar refractivity (Wildman–Crippen MR) is 112 cm³/mol. The highest BCUT2D eigenvalue weighted by atomic mass is 16.4. The molecule has 6 heteroatoms. The number of piperidine rings is 1. The van der Waals surface area contributed by atoms with Crippen LogP contribution in [0.1, 0.15) is 38.3 Å². The zero-order valence-corrected chi connectivity index (χ0v) is 17.4. The maximum Gasteiger partial charge on any atom is 0.247 e. The van der Waals surface area contributed by atoms with Gasteiger partial charge >= 0.3 is 0 Å². The molecule has 152 valence electrons. The number of hydrogen-bond donors (Lipinski definition) is 0. The molecule has 0 N–H and O–H groups in total. The SMILES string of the molecule is Cc1nnc(-c2ccc3cnc(CC(=O)C4CCN(CC(C)C)CC4)cc3c2)o1. The third-order valence-corrected chi connectivity index (χ3v) is 5.57. The van der Waals surface area contributed by atoms with E-state index >= 15 is 0 Å². The molecule has 1 aliphatic heterocycles. The summed E-state index contributed by atoms with van der Waals surface area (Å²) in [5.74, 6) is 2.19. The largest absolute Gasteiger partial charge is 0.421 e. The van der Waals surface area contributed by atoms with Crippen LogP contribution in [0, 0.1) is 18.8 Å². The fourth-order valence-electron chi connectivity index (χ4n) is 4.11. The number of aryl methyl sites for hydroxylation is 1. The Balaban J connectivity index is 1.44. The van der Waals surface area contributed by atoms with E-state index < -0.39 is 0 Å². The standard InChI is InChI=1S/C23H28N4O2/c1-15(2)14-27-8-6-17(7-9-27)22(28)12-21-11-20-10-18(4-5-19(20)13-24-21)23-26-25-16(3)29-23/h4-5,10-11,13,15,17H,6-9,12,14H2,1-3H3. The number of carbonyl (C=O) groups is 1. The fraction of sp³-hybridized carbons (Fsp3) is 0.478. The highest BCUT2D eigenvalue weighted by Crippen LogP contribution is 2.25. The lowest BCUT2D eigenvalue weighted by Gasteiger charge is -2.32. The van der Waals surface area contributed by atoms with E-state index in [1.807, 2.05) is 30.5 Å². The van der Waals surface area contributed by atoms with Crippen molar-refractivity contribution in [3.05, 3.63) is 42.0 Å². The lowest BCUT2D eigenvalue weighted by molar-refractivity contribution is -0.123. The van der Waals surface area contributed by atoms with E-state index in [-0.39, 0.29) is 5.92 Å². The van der Waals surface area contributed by atoms with Crippen LogP contribution in [0.5, 0.6) is 0 Å². The number of fused-ring (bicyclic) bond motifs is 1. The van der Waals surface area contributed by atoms with Crippen molar-refractivity contribution in [1.82, 2.24) is 20.1 Å². The van der Waals surface area contributed by atoms with Crippen molar-refractivity contribution in [2.45, 2.75) is 40.0 Å². The predicted octanol–water partition coefficient (Wildman–Crippen LogP) is 4.07. The van der Waals surface area contributed by atoms with Gasteiger partial charge in [0.25, 0.3) is 0 Å². The number of ketones is 1. The number of aromatic nitrogens is 3. The van der Waals surface area contributed by atoms with Gasteiger partial charge in [-0.3, -0.25) is 9.78 Å².